The number of aromatic nitrogens is 3. The molecule has 5 rings (SSSR count). The van der Waals surface area contributed by atoms with E-state index in [9.17, 15) is 5.11 Å². The first kappa shape index (κ1) is 17.8. The Bertz CT molecular complexity index is 1190. The molecule has 5 heteroatoms. The molecule has 2 aromatic heterocycles. The van der Waals surface area contributed by atoms with Gasteiger partial charge in [-0.2, -0.15) is 0 Å². The van der Waals surface area contributed by atoms with Crippen LogP contribution in [-0.4, -0.2) is 26.2 Å². The highest BCUT2D eigenvalue weighted by atomic mass is 16.3. The van der Waals surface area contributed by atoms with Crippen molar-refractivity contribution in [2.45, 2.75) is 31.9 Å². The fraction of sp³-hybridized carbons (Fsp3) is 0.208. The van der Waals surface area contributed by atoms with E-state index in [0.29, 0.717) is 12.2 Å². The van der Waals surface area contributed by atoms with Crippen LogP contribution in [0.15, 0.2) is 66.9 Å². The summed E-state index contributed by atoms with van der Waals surface area (Å²) < 4.78 is 0. The standard InChI is InChI=1S/C24H22N4O/c1-2-17-13-16(11-12-25-17)23-26-20-10-6-5-9-19(20)24(28-23)27-22-18-8-4-3-7-15(18)14-21(22)29/h3-13,21-22,29H,2,14H2,1H3,(H,26,27,28)/t21-,22+/m1/s1. The van der Waals surface area contributed by atoms with Gasteiger partial charge in [-0.05, 0) is 41.8 Å². The van der Waals surface area contributed by atoms with Gasteiger partial charge >= 0.3 is 0 Å². The maximum absolute atomic E-state index is 10.7. The Labute approximate surface area is 169 Å². The van der Waals surface area contributed by atoms with Gasteiger partial charge in [-0.15, -0.1) is 0 Å². The number of rotatable bonds is 4. The van der Waals surface area contributed by atoms with Gasteiger partial charge in [0.1, 0.15) is 5.82 Å². The average Bonchev–Trinajstić information content (AvgIpc) is 3.08. The number of para-hydroxylation sites is 1. The SMILES string of the molecule is CCc1cc(-c2nc(N[C@H]3c4ccccc4C[C@H]3O)c3ccccc3n2)ccn1. The molecule has 0 bridgehead atoms. The number of benzene rings is 2. The molecular formula is C24H22N4O. The number of nitrogens with zero attached hydrogens (tertiary/aromatic N) is 3. The van der Waals surface area contributed by atoms with E-state index in [1.807, 2.05) is 48.5 Å². The van der Waals surface area contributed by atoms with E-state index >= 15 is 0 Å². The second kappa shape index (κ2) is 7.26. The van der Waals surface area contributed by atoms with Gasteiger partial charge in [0, 0.05) is 29.3 Å². The molecule has 1 aliphatic carbocycles. The van der Waals surface area contributed by atoms with E-state index in [4.69, 9.17) is 9.97 Å². The molecule has 0 fully saturated rings. The van der Waals surface area contributed by atoms with Crippen molar-refractivity contribution in [2.24, 2.45) is 0 Å². The van der Waals surface area contributed by atoms with Gasteiger partial charge in [0.05, 0.1) is 17.7 Å². The molecule has 0 saturated heterocycles. The fourth-order valence-electron chi connectivity index (χ4n) is 4.02. The van der Waals surface area contributed by atoms with Crippen LogP contribution in [0.3, 0.4) is 0 Å². The number of nitrogens with one attached hydrogen (secondary N) is 1. The summed E-state index contributed by atoms with van der Waals surface area (Å²) in [5.41, 5.74) is 5.13. The van der Waals surface area contributed by atoms with Gasteiger partial charge in [0.25, 0.3) is 0 Å². The molecule has 144 valence electrons. The van der Waals surface area contributed by atoms with Crippen LogP contribution in [0.4, 0.5) is 5.82 Å². The molecular weight excluding hydrogens is 360 g/mol. The third-order valence-corrected chi connectivity index (χ3v) is 5.54. The second-order valence-electron chi connectivity index (χ2n) is 7.39. The van der Waals surface area contributed by atoms with Gasteiger partial charge < -0.3 is 10.4 Å². The summed E-state index contributed by atoms with van der Waals surface area (Å²) in [6, 6.07) is 19.9. The molecule has 4 aromatic rings. The third-order valence-electron chi connectivity index (χ3n) is 5.54. The van der Waals surface area contributed by atoms with Crippen molar-refractivity contribution in [2.75, 3.05) is 5.32 Å². The first-order chi connectivity index (χ1) is 14.2. The summed E-state index contributed by atoms with van der Waals surface area (Å²) in [4.78, 5) is 14.0. The van der Waals surface area contributed by atoms with Crippen LogP contribution < -0.4 is 5.32 Å². The summed E-state index contributed by atoms with van der Waals surface area (Å²) in [6.07, 6.45) is 2.82. The summed E-state index contributed by atoms with van der Waals surface area (Å²) >= 11 is 0. The Hall–Kier alpha value is -3.31. The molecule has 0 radical (unpaired) electrons. The third kappa shape index (κ3) is 3.23. The van der Waals surface area contributed by atoms with Gasteiger partial charge in [-0.1, -0.05) is 43.3 Å². The first-order valence-corrected chi connectivity index (χ1v) is 9.97. The molecule has 2 atom stereocenters. The summed E-state index contributed by atoms with van der Waals surface area (Å²) in [7, 11) is 0. The lowest BCUT2D eigenvalue weighted by atomic mass is 10.1. The summed E-state index contributed by atoms with van der Waals surface area (Å²) in [5.74, 6) is 1.39. The Balaban J connectivity index is 1.61. The molecule has 0 amide bonds. The number of hydrogen-bond acceptors (Lipinski definition) is 5. The molecule has 0 unspecified atom stereocenters. The van der Waals surface area contributed by atoms with Crippen molar-refractivity contribution in [3.63, 3.8) is 0 Å². The lowest BCUT2D eigenvalue weighted by Crippen LogP contribution is -2.22. The van der Waals surface area contributed by atoms with Crippen LogP contribution in [0.2, 0.25) is 0 Å². The summed E-state index contributed by atoms with van der Waals surface area (Å²) in [5, 5.41) is 15.1. The van der Waals surface area contributed by atoms with Crippen molar-refractivity contribution in [3.8, 4) is 11.4 Å². The van der Waals surface area contributed by atoms with E-state index < -0.39 is 6.10 Å². The van der Waals surface area contributed by atoms with Gasteiger partial charge in [0.15, 0.2) is 5.82 Å². The Morgan fingerprint density at radius 1 is 1.03 bits per heavy atom. The molecule has 5 nitrogen and oxygen atoms in total. The number of aliphatic hydroxyl groups is 1. The van der Waals surface area contributed by atoms with Crippen LogP contribution in [0.1, 0.15) is 29.8 Å². The van der Waals surface area contributed by atoms with E-state index in [2.05, 4.69) is 29.4 Å². The highest BCUT2D eigenvalue weighted by Gasteiger charge is 2.31. The maximum atomic E-state index is 10.7. The van der Waals surface area contributed by atoms with Gasteiger partial charge in [-0.25, -0.2) is 9.97 Å². The van der Waals surface area contributed by atoms with E-state index in [1.54, 1.807) is 6.20 Å². The molecule has 1 aliphatic rings. The van der Waals surface area contributed by atoms with Gasteiger partial charge in [-0.3, -0.25) is 4.98 Å². The Morgan fingerprint density at radius 2 is 1.86 bits per heavy atom. The van der Waals surface area contributed by atoms with E-state index in [0.717, 1.165) is 40.0 Å². The zero-order valence-electron chi connectivity index (χ0n) is 16.2. The first-order valence-electron chi connectivity index (χ1n) is 9.97. The lowest BCUT2D eigenvalue weighted by molar-refractivity contribution is 0.165. The minimum atomic E-state index is -0.489. The molecule has 0 saturated carbocycles. The predicted octanol–water partition coefficient (Wildman–Crippen LogP) is 4.32. The van der Waals surface area contributed by atoms with Crippen LogP contribution in [0.5, 0.6) is 0 Å². The molecule has 2 heterocycles. The smallest absolute Gasteiger partial charge is 0.162 e. The number of aryl methyl sites for hydroxylation is 1. The maximum Gasteiger partial charge on any atom is 0.162 e. The zero-order valence-corrected chi connectivity index (χ0v) is 16.2. The summed E-state index contributed by atoms with van der Waals surface area (Å²) in [6.45, 7) is 2.08. The zero-order chi connectivity index (χ0) is 19.8. The molecule has 2 N–H and O–H groups in total. The predicted molar refractivity (Wildman–Crippen MR) is 115 cm³/mol. The van der Waals surface area contributed by atoms with Crippen LogP contribution in [0.25, 0.3) is 22.3 Å². The van der Waals surface area contributed by atoms with Gasteiger partial charge in [0.2, 0.25) is 0 Å². The second-order valence-corrected chi connectivity index (χ2v) is 7.39. The number of hydrogen-bond donors (Lipinski definition) is 2. The molecule has 0 aliphatic heterocycles. The van der Waals surface area contributed by atoms with E-state index in [1.165, 1.54) is 5.56 Å². The molecule has 2 aromatic carbocycles. The molecule has 29 heavy (non-hydrogen) atoms. The largest absolute Gasteiger partial charge is 0.390 e. The Morgan fingerprint density at radius 3 is 2.76 bits per heavy atom. The van der Waals surface area contributed by atoms with Crippen molar-refractivity contribution >= 4 is 16.7 Å². The minimum Gasteiger partial charge on any atom is -0.390 e. The van der Waals surface area contributed by atoms with Crippen molar-refractivity contribution in [3.05, 3.63) is 83.7 Å². The van der Waals surface area contributed by atoms with Crippen LogP contribution in [-0.2, 0) is 12.8 Å². The molecule has 0 spiro atoms. The quantitative estimate of drug-likeness (QED) is 0.550. The van der Waals surface area contributed by atoms with Crippen molar-refractivity contribution in [1.29, 1.82) is 0 Å². The number of pyridine rings is 1. The van der Waals surface area contributed by atoms with Crippen LogP contribution >= 0.6 is 0 Å². The lowest BCUT2D eigenvalue weighted by Gasteiger charge is -2.20. The highest BCUT2D eigenvalue weighted by molar-refractivity contribution is 5.90. The van der Waals surface area contributed by atoms with Crippen LogP contribution in [0, 0.1) is 0 Å². The van der Waals surface area contributed by atoms with Crippen molar-refractivity contribution in [1.82, 2.24) is 15.0 Å². The number of anilines is 1. The fourth-order valence-corrected chi connectivity index (χ4v) is 4.02. The topological polar surface area (TPSA) is 70.9 Å². The van der Waals surface area contributed by atoms with Crippen molar-refractivity contribution < 1.29 is 5.11 Å². The normalized spacial score (nSPS) is 18.0. The number of aliphatic hydroxyl groups excluding tert-OH is 1. The Kier molecular flexibility index (Phi) is 4.45. The van der Waals surface area contributed by atoms with E-state index in [-0.39, 0.29) is 6.04 Å². The minimum absolute atomic E-state index is 0.194. The number of fused-ring (bicyclic) bond motifs is 2. The average molecular weight is 382 g/mol. The monoisotopic (exact) mass is 382 g/mol. The highest BCUT2D eigenvalue weighted by Crippen LogP contribution is 2.35.